The first-order valence-electron chi connectivity index (χ1n) is 7.32. The van der Waals surface area contributed by atoms with Gasteiger partial charge in [-0.25, -0.2) is 4.79 Å². The number of amides is 2. The van der Waals surface area contributed by atoms with Gasteiger partial charge in [0.2, 0.25) is 0 Å². The number of hydrogen-bond acceptors (Lipinski definition) is 3. The molecule has 2 rings (SSSR count). The maximum Gasteiger partial charge on any atom is 0.320 e. The van der Waals surface area contributed by atoms with Crippen LogP contribution in [0.5, 0.6) is 0 Å². The van der Waals surface area contributed by atoms with Crippen molar-refractivity contribution in [2.75, 3.05) is 33.4 Å². The lowest BCUT2D eigenvalue weighted by molar-refractivity contribution is -0.148. The van der Waals surface area contributed by atoms with Gasteiger partial charge in [-0.3, -0.25) is 4.79 Å². The van der Waals surface area contributed by atoms with Crippen LogP contribution in [0.15, 0.2) is 0 Å². The SMILES string of the molecule is CCC1(C(=O)O)CCN(C(=O)N(CCOC)C2CC2)C1. The maximum atomic E-state index is 12.6. The predicted octanol–water partition coefficient (Wildman–Crippen LogP) is 1.40. The normalized spacial score (nSPS) is 25.8. The third-order valence-corrected chi connectivity index (χ3v) is 4.52. The summed E-state index contributed by atoms with van der Waals surface area (Å²) in [7, 11) is 1.62. The second-order valence-electron chi connectivity index (χ2n) is 5.81. The second-order valence-corrected chi connectivity index (χ2v) is 5.81. The zero-order valence-corrected chi connectivity index (χ0v) is 12.3. The minimum absolute atomic E-state index is 0.0267. The molecule has 2 fully saturated rings. The van der Waals surface area contributed by atoms with Crippen molar-refractivity contribution < 1.29 is 19.4 Å². The molecule has 0 spiro atoms. The molecule has 1 aliphatic heterocycles. The first-order valence-corrected chi connectivity index (χ1v) is 7.32. The van der Waals surface area contributed by atoms with E-state index >= 15 is 0 Å². The fourth-order valence-corrected chi connectivity index (χ4v) is 2.84. The number of carboxylic acid groups (broad SMARTS) is 1. The molecular formula is C14H24N2O4. The molecule has 6 nitrogen and oxygen atoms in total. The van der Waals surface area contributed by atoms with E-state index in [2.05, 4.69) is 0 Å². The highest BCUT2D eigenvalue weighted by Gasteiger charge is 2.46. The summed E-state index contributed by atoms with van der Waals surface area (Å²) in [6.07, 6.45) is 3.20. The monoisotopic (exact) mass is 284 g/mol. The number of carbonyl (C=O) groups is 2. The van der Waals surface area contributed by atoms with Gasteiger partial charge in [-0.05, 0) is 25.7 Å². The largest absolute Gasteiger partial charge is 0.481 e. The molecule has 0 aromatic rings. The van der Waals surface area contributed by atoms with Crippen molar-refractivity contribution in [3.63, 3.8) is 0 Å². The van der Waals surface area contributed by atoms with Gasteiger partial charge in [-0.15, -0.1) is 0 Å². The summed E-state index contributed by atoms with van der Waals surface area (Å²) in [5.74, 6) is -0.787. The van der Waals surface area contributed by atoms with Crippen LogP contribution >= 0.6 is 0 Å². The standard InChI is InChI=1S/C14H24N2O4/c1-3-14(12(17)18)6-7-15(10-14)13(19)16(8-9-20-2)11-4-5-11/h11H,3-10H2,1-2H3,(H,17,18). The molecule has 1 heterocycles. The summed E-state index contributed by atoms with van der Waals surface area (Å²) in [5.41, 5.74) is -0.758. The van der Waals surface area contributed by atoms with Crippen LogP contribution in [0.25, 0.3) is 0 Å². The van der Waals surface area contributed by atoms with Crippen LogP contribution in [-0.2, 0) is 9.53 Å². The topological polar surface area (TPSA) is 70.1 Å². The lowest BCUT2D eigenvalue weighted by Crippen LogP contribution is -2.46. The maximum absolute atomic E-state index is 12.6. The van der Waals surface area contributed by atoms with Crippen LogP contribution in [0.1, 0.15) is 32.6 Å². The summed E-state index contributed by atoms with van der Waals surface area (Å²) in [4.78, 5) is 27.5. The van der Waals surface area contributed by atoms with E-state index in [1.165, 1.54) is 0 Å². The third kappa shape index (κ3) is 2.90. The molecule has 0 bridgehead atoms. The quantitative estimate of drug-likeness (QED) is 0.800. The van der Waals surface area contributed by atoms with Crippen LogP contribution in [-0.4, -0.2) is 66.3 Å². The smallest absolute Gasteiger partial charge is 0.320 e. The first-order chi connectivity index (χ1) is 9.54. The van der Waals surface area contributed by atoms with E-state index in [-0.39, 0.29) is 6.03 Å². The average molecular weight is 284 g/mol. The molecular weight excluding hydrogens is 260 g/mol. The Morgan fingerprint density at radius 1 is 1.45 bits per heavy atom. The first kappa shape index (κ1) is 15.1. The van der Waals surface area contributed by atoms with E-state index in [9.17, 15) is 14.7 Å². The van der Waals surface area contributed by atoms with Gasteiger partial charge in [0, 0.05) is 32.8 Å². The summed E-state index contributed by atoms with van der Waals surface area (Å²) in [6, 6.07) is 0.292. The number of hydrogen-bond donors (Lipinski definition) is 1. The molecule has 1 saturated carbocycles. The van der Waals surface area contributed by atoms with Crippen LogP contribution < -0.4 is 0 Å². The number of aliphatic carboxylic acids is 1. The van der Waals surface area contributed by atoms with Crippen molar-refractivity contribution in [2.24, 2.45) is 5.41 Å². The molecule has 2 aliphatic rings. The average Bonchev–Trinajstić information content (AvgIpc) is 3.17. The van der Waals surface area contributed by atoms with Crippen molar-refractivity contribution in [1.29, 1.82) is 0 Å². The zero-order chi connectivity index (χ0) is 14.8. The Labute approximate surface area is 119 Å². The molecule has 1 N–H and O–H groups in total. The summed E-state index contributed by atoms with van der Waals surface area (Å²) < 4.78 is 5.06. The lowest BCUT2D eigenvalue weighted by atomic mass is 9.84. The van der Waals surface area contributed by atoms with Gasteiger partial charge in [0.25, 0.3) is 0 Å². The van der Waals surface area contributed by atoms with Crippen LogP contribution in [0, 0.1) is 5.41 Å². The Morgan fingerprint density at radius 3 is 2.60 bits per heavy atom. The molecule has 1 saturated heterocycles. The third-order valence-electron chi connectivity index (χ3n) is 4.52. The van der Waals surface area contributed by atoms with Crippen LogP contribution in [0.2, 0.25) is 0 Å². The predicted molar refractivity (Wildman–Crippen MR) is 73.5 cm³/mol. The van der Waals surface area contributed by atoms with E-state index < -0.39 is 11.4 Å². The van der Waals surface area contributed by atoms with E-state index in [0.29, 0.717) is 45.1 Å². The summed E-state index contributed by atoms with van der Waals surface area (Å²) >= 11 is 0. The van der Waals surface area contributed by atoms with E-state index in [1.807, 2.05) is 11.8 Å². The van der Waals surface area contributed by atoms with Gasteiger partial charge in [0.1, 0.15) is 0 Å². The fraction of sp³-hybridized carbons (Fsp3) is 0.857. The molecule has 20 heavy (non-hydrogen) atoms. The van der Waals surface area contributed by atoms with E-state index in [4.69, 9.17) is 4.74 Å². The molecule has 2 amide bonds. The Morgan fingerprint density at radius 2 is 2.15 bits per heavy atom. The lowest BCUT2D eigenvalue weighted by Gasteiger charge is -2.29. The van der Waals surface area contributed by atoms with E-state index in [1.54, 1.807) is 12.0 Å². The highest BCUT2D eigenvalue weighted by molar-refractivity contribution is 5.80. The fourth-order valence-electron chi connectivity index (χ4n) is 2.84. The molecule has 1 unspecified atom stereocenters. The zero-order valence-electron chi connectivity index (χ0n) is 12.3. The molecule has 1 atom stereocenters. The number of carbonyl (C=O) groups excluding carboxylic acids is 1. The summed E-state index contributed by atoms with van der Waals surface area (Å²) in [6.45, 7) is 3.85. The van der Waals surface area contributed by atoms with Crippen molar-refractivity contribution in [2.45, 2.75) is 38.6 Å². The van der Waals surface area contributed by atoms with Gasteiger partial charge in [0.05, 0.1) is 12.0 Å². The molecule has 114 valence electrons. The van der Waals surface area contributed by atoms with Crippen molar-refractivity contribution in [1.82, 2.24) is 9.80 Å². The van der Waals surface area contributed by atoms with Gasteiger partial charge in [0.15, 0.2) is 0 Å². The minimum atomic E-state index is -0.787. The number of rotatable bonds is 6. The number of nitrogens with zero attached hydrogens (tertiary/aromatic N) is 2. The highest BCUT2D eigenvalue weighted by Crippen LogP contribution is 2.36. The number of methoxy groups -OCH3 is 1. The number of carboxylic acids is 1. The van der Waals surface area contributed by atoms with Gasteiger partial charge < -0.3 is 19.6 Å². The van der Waals surface area contributed by atoms with Crippen LogP contribution in [0.4, 0.5) is 4.79 Å². The van der Waals surface area contributed by atoms with Crippen molar-refractivity contribution in [3.05, 3.63) is 0 Å². The Balaban J connectivity index is 2.00. The minimum Gasteiger partial charge on any atom is -0.481 e. The van der Waals surface area contributed by atoms with Gasteiger partial charge in [-0.1, -0.05) is 6.92 Å². The Bertz CT molecular complexity index is 383. The van der Waals surface area contributed by atoms with Crippen LogP contribution in [0.3, 0.4) is 0 Å². The molecule has 6 heteroatoms. The van der Waals surface area contributed by atoms with Gasteiger partial charge in [-0.2, -0.15) is 0 Å². The Hall–Kier alpha value is -1.30. The molecule has 0 radical (unpaired) electrons. The number of ether oxygens (including phenoxy) is 1. The van der Waals surface area contributed by atoms with E-state index in [0.717, 1.165) is 12.8 Å². The molecule has 0 aromatic heterocycles. The molecule has 1 aliphatic carbocycles. The number of urea groups is 1. The molecule has 0 aromatic carbocycles. The second kappa shape index (κ2) is 5.99. The summed E-state index contributed by atoms with van der Waals surface area (Å²) in [5, 5.41) is 9.39. The van der Waals surface area contributed by atoms with Crippen molar-refractivity contribution in [3.8, 4) is 0 Å². The Kier molecular flexibility index (Phi) is 4.52. The highest BCUT2D eigenvalue weighted by atomic mass is 16.5. The van der Waals surface area contributed by atoms with Gasteiger partial charge >= 0.3 is 12.0 Å². The van der Waals surface area contributed by atoms with Crippen molar-refractivity contribution >= 4 is 12.0 Å². The number of likely N-dealkylation sites (tertiary alicyclic amines) is 1.